The molecule has 112 valence electrons. The summed E-state index contributed by atoms with van der Waals surface area (Å²) in [4.78, 5) is 23.2. The lowest BCUT2D eigenvalue weighted by atomic mass is 10.3. The minimum absolute atomic E-state index is 0.0556. The topological polar surface area (TPSA) is 104 Å². The largest absolute Gasteiger partial charge is 0.506 e. The molecular formula is C12H13N3O5S. The molecule has 0 aromatic carbocycles. The highest BCUT2D eigenvalue weighted by Gasteiger charge is 2.22. The molecule has 2 aromatic rings. The fraction of sp³-hybridized carbons (Fsp3) is 0.333. The van der Waals surface area contributed by atoms with Crippen molar-refractivity contribution in [2.45, 2.75) is 13.8 Å². The number of esters is 2. The van der Waals surface area contributed by atoms with E-state index in [2.05, 4.69) is 15.0 Å². The van der Waals surface area contributed by atoms with Crippen LogP contribution in [0.5, 0.6) is 5.75 Å². The number of methoxy groups -OCH3 is 1. The zero-order chi connectivity index (χ0) is 15.6. The van der Waals surface area contributed by atoms with Crippen molar-refractivity contribution in [3.8, 4) is 10.8 Å². The number of carbonyl (C=O) groups is 2. The molecular weight excluding hydrogens is 298 g/mol. The van der Waals surface area contributed by atoms with Crippen molar-refractivity contribution < 1.29 is 24.2 Å². The molecule has 0 aliphatic rings. The smallest absolute Gasteiger partial charge is 0.360 e. The van der Waals surface area contributed by atoms with E-state index < -0.39 is 11.9 Å². The molecule has 0 aliphatic heterocycles. The molecule has 0 radical (unpaired) electrons. The van der Waals surface area contributed by atoms with Crippen molar-refractivity contribution in [1.29, 1.82) is 0 Å². The molecule has 21 heavy (non-hydrogen) atoms. The Morgan fingerprint density at radius 2 is 2.14 bits per heavy atom. The Morgan fingerprint density at radius 3 is 2.76 bits per heavy atom. The van der Waals surface area contributed by atoms with E-state index in [1.54, 1.807) is 13.8 Å². The normalized spacial score (nSPS) is 10.4. The van der Waals surface area contributed by atoms with Gasteiger partial charge in [-0.15, -0.1) is 16.4 Å². The van der Waals surface area contributed by atoms with E-state index in [0.29, 0.717) is 10.7 Å². The third kappa shape index (κ3) is 2.72. The molecule has 0 aliphatic carbocycles. The third-order valence-corrected chi connectivity index (χ3v) is 3.72. The summed E-state index contributed by atoms with van der Waals surface area (Å²) in [5.74, 6) is -1.43. The molecule has 0 amide bonds. The van der Waals surface area contributed by atoms with Gasteiger partial charge in [-0.3, -0.25) is 0 Å². The molecule has 8 nitrogen and oxygen atoms in total. The number of aromatic hydroxyl groups is 1. The minimum atomic E-state index is -0.646. The van der Waals surface area contributed by atoms with E-state index in [4.69, 9.17) is 4.74 Å². The van der Waals surface area contributed by atoms with Crippen LogP contribution in [0.3, 0.4) is 0 Å². The summed E-state index contributed by atoms with van der Waals surface area (Å²) in [5.41, 5.74) is 0.537. The molecule has 0 spiro atoms. The Bertz CT molecular complexity index is 691. The summed E-state index contributed by atoms with van der Waals surface area (Å²) in [7, 11) is 1.22. The maximum Gasteiger partial charge on any atom is 0.360 e. The molecule has 9 heteroatoms. The number of rotatable bonds is 4. The average molecular weight is 311 g/mol. The van der Waals surface area contributed by atoms with E-state index in [0.717, 1.165) is 11.3 Å². The van der Waals surface area contributed by atoms with E-state index in [1.807, 2.05) is 0 Å². The first kappa shape index (κ1) is 15.0. The summed E-state index contributed by atoms with van der Waals surface area (Å²) >= 11 is 0.982. The third-order valence-electron chi connectivity index (χ3n) is 2.64. The van der Waals surface area contributed by atoms with Gasteiger partial charge in [0, 0.05) is 6.07 Å². The van der Waals surface area contributed by atoms with Crippen LogP contribution < -0.4 is 0 Å². The first-order valence-corrected chi connectivity index (χ1v) is 6.82. The Balaban J connectivity index is 2.40. The highest BCUT2D eigenvalue weighted by Crippen LogP contribution is 2.32. The number of hydrogen-bond acceptors (Lipinski definition) is 8. The number of aromatic nitrogens is 3. The van der Waals surface area contributed by atoms with Gasteiger partial charge in [-0.2, -0.15) is 0 Å². The van der Waals surface area contributed by atoms with Gasteiger partial charge in [0.1, 0.15) is 10.8 Å². The first-order chi connectivity index (χ1) is 9.99. The second kappa shape index (κ2) is 5.92. The van der Waals surface area contributed by atoms with E-state index in [1.165, 1.54) is 17.9 Å². The number of carbonyl (C=O) groups excluding carboxylic acids is 2. The molecule has 0 saturated heterocycles. The van der Waals surface area contributed by atoms with Gasteiger partial charge in [-0.05, 0) is 13.8 Å². The van der Waals surface area contributed by atoms with E-state index in [-0.39, 0.29) is 22.9 Å². The summed E-state index contributed by atoms with van der Waals surface area (Å²) in [6.45, 7) is 3.57. The lowest BCUT2D eigenvalue weighted by Gasteiger charge is -2.00. The van der Waals surface area contributed by atoms with Crippen LogP contribution in [0.2, 0.25) is 0 Å². The van der Waals surface area contributed by atoms with Gasteiger partial charge in [0.25, 0.3) is 0 Å². The maximum absolute atomic E-state index is 11.7. The first-order valence-electron chi connectivity index (χ1n) is 6.00. The van der Waals surface area contributed by atoms with Crippen molar-refractivity contribution in [3.63, 3.8) is 0 Å². The van der Waals surface area contributed by atoms with Gasteiger partial charge in [0.05, 0.1) is 19.4 Å². The van der Waals surface area contributed by atoms with Crippen molar-refractivity contribution in [1.82, 2.24) is 15.0 Å². The highest BCUT2D eigenvalue weighted by atomic mass is 32.1. The zero-order valence-electron chi connectivity index (χ0n) is 11.6. The second-order valence-corrected chi connectivity index (χ2v) is 4.98. The predicted molar refractivity (Wildman–Crippen MR) is 72.9 cm³/mol. The Kier molecular flexibility index (Phi) is 4.22. The molecule has 0 atom stereocenters. The average Bonchev–Trinajstić information content (AvgIpc) is 3.01. The summed E-state index contributed by atoms with van der Waals surface area (Å²) < 4.78 is 10.8. The summed E-state index contributed by atoms with van der Waals surface area (Å²) in [6, 6.07) is 1.35. The Labute approximate surface area is 123 Å². The highest BCUT2D eigenvalue weighted by molar-refractivity contribution is 7.16. The van der Waals surface area contributed by atoms with Gasteiger partial charge < -0.3 is 14.6 Å². The Morgan fingerprint density at radius 1 is 1.43 bits per heavy atom. The van der Waals surface area contributed by atoms with Crippen molar-refractivity contribution in [2.75, 3.05) is 13.7 Å². The van der Waals surface area contributed by atoms with Gasteiger partial charge in [-0.1, -0.05) is 5.21 Å². The standard InChI is InChI=1S/C12H13N3O5S/c1-4-20-11(17)9-6(2)15(14-13-9)8-5-7(16)10(21-8)12(18)19-3/h5,16H,4H2,1-3H3. The molecule has 2 aromatic heterocycles. The predicted octanol–water partition coefficient (Wildman–Crippen LogP) is 1.31. The summed E-state index contributed by atoms with van der Waals surface area (Å²) in [5, 5.41) is 17.8. The maximum atomic E-state index is 11.7. The van der Waals surface area contributed by atoms with Crippen molar-refractivity contribution >= 4 is 23.3 Å². The lowest BCUT2D eigenvalue weighted by molar-refractivity contribution is 0.0517. The van der Waals surface area contributed by atoms with Crippen LogP contribution in [0.4, 0.5) is 0 Å². The van der Waals surface area contributed by atoms with Gasteiger partial charge in [0.15, 0.2) is 10.6 Å². The van der Waals surface area contributed by atoms with Crippen LogP contribution in [0.1, 0.15) is 32.8 Å². The Hall–Kier alpha value is -2.42. The van der Waals surface area contributed by atoms with Gasteiger partial charge >= 0.3 is 11.9 Å². The lowest BCUT2D eigenvalue weighted by Crippen LogP contribution is -2.07. The van der Waals surface area contributed by atoms with Crippen LogP contribution in [0.15, 0.2) is 6.07 Å². The van der Waals surface area contributed by atoms with E-state index >= 15 is 0 Å². The van der Waals surface area contributed by atoms with Gasteiger partial charge in [0.2, 0.25) is 0 Å². The molecule has 0 bridgehead atoms. The SMILES string of the molecule is CCOC(=O)c1nnn(-c2cc(O)c(C(=O)OC)s2)c1C. The number of ether oxygens (including phenoxy) is 2. The van der Waals surface area contributed by atoms with Gasteiger partial charge in [-0.25, -0.2) is 14.3 Å². The zero-order valence-corrected chi connectivity index (χ0v) is 12.4. The fourth-order valence-electron chi connectivity index (χ4n) is 1.64. The van der Waals surface area contributed by atoms with Crippen molar-refractivity contribution in [2.24, 2.45) is 0 Å². The molecule has 0 saturated carbocycles. The van der Waals surface area contributed by atoms with Crippen LogP contribution in [-0.4, -0.2) is 45.8 Å². The van der Waals surface area contributed by atoms with Crippen LogP contribution in [0, 0.1) is 6.92 Å². The summed E-state index contributed by atoms with van der Waals surface area (Å²) in [6.07, 6.45) is 0. The van der Waals surface area contributed by atoms with Crippen molar-refractivity contribution in [3.05, 3.63) is 22.3 Å². The number of nitrogens with zero attached hydrogens (tertiary/aromatic N) is 3. The van der Waals surface area contributed by atoms with E-state index in [9.17, 15) is 14.7 Å². The van der Waals surface area contributed by atoms with Crippen LogP contribution >= 0.6 is 11.3 Å². The van der Waals surface area contributed by atoms with Crippen LogP contribution in [0.25, 0.3) is 5.00 Å². The second-order valence-electron chi connectivity index (χ2n) is 3.95. The monoisotopic (exact) mass is 311 g/mol. The van der Waals surface area contributed by atoms with Crippen LogP contribution in [-0.2, 0) is 9.47 Å². The number of thiophene rings is 1. The fourth-order valence-corrected chi connectivity index (χ4v) is 2.61. The molecule has 2 rings (SSSR count). The molecule has 2 heterocycles. The molecule has 0 fully saturated rings. The quantitative estimate of drug-likeness (QED) is 0.849. The number of hydrogen-bond donors (Lipinski definition) is 1. The molecule has 1 N–H and O–H groups in total. The molecule has 0 unspecified atom stereocenters. The minimum Gasteiger partial charge on any atom is -0.506 e.